The van der Waals surface area contributed by atoms with Crippen molar-refractivity contribution >= 4 is 57.5 Å². The number of nitrogens with zero attached hydrogens (tertiary/aromatic N) is 1. The quantitative estimate of drug-likeness (QED) is 0.337. The molecule has 2 amide bonds. The van der Waals surface area contributed by atoms with Crippen LogP contribution in [0.4, 0.5) is 4.79 Å². The summed E-state index contributed by atoms with van der Waals surface area (Å²) in [5.74, 6) is -0.270. The number of carboxylic acid groups (broad SMARTS) is 1. The smallest absolute Gasteiger partial charge is 0.335 e. The highest BCUT2D eigenvalue weighted by molar-refractivity contribution is 14.1. The molecule has 0 atom stereocenters. The fourth-order valence-corrected chi connectivity index (χ4v) is 4.84. The molecule has 0 aliphatic carbocycles. The molecule has 3 rings (SSSR count). The van der Waals surface area contributed by atoms with E-state index in [2.05, 4.69) is 22.6 Å². The van der Waals surface area contributed by atoms with E-state index in [1.807, 2.05) is 13.0 Å². The molecule has 168 valence electrons. The van der Waals surface area contributed by atoms with Crippen molar-refractivity contribution in [3.63, 3.8) is 0 Å². The Bertz CT molecular complexity index is 1100. The van der Waals surface area contributed by atoms with Crippen molar-refractivity contribution < 1.29 is 29.0 Å². The van der Waals surface area contributed by atoms with Crippen LogP contribution in [0.1, 0.15) is 42.3 Å². The maximum absolute atomic E-state index is 12.6. The van der Waals surface area contributed by atoms with Crippen LogP contribution in [0.15, 0.2) is 41.3 Å². The van der Waals surface area contributed by atoms with Crippen LogP contribution in [-0.4, -0.2) is 39.8 Å². The maximum atomic E-state index is 12.6. The molecule has 0 radical (unpaired) electrons. The Labute approximate surface area is 203 Å². The van der Waals surface area contributed by atoms with Crippen molar-refractivity contribution in [1.29, 1.82) is 0 Å². The second kappa shape index (κ2) is 10.4. The average Bonchev–Trinajstić information content (AvgIpc) is 3.00. The first kappa shape index (κ1) is 24.1. The summed E-state index contributed by atoms with van der Waals surface area (Å²) in [5.41, 5.74) is 1.62. The molecule has 32 heavy (non-hydrogen) atoms. The monoisotopic (exact) mass is 567 g/mol. The van der Waals surface area contributed by atoms with E-state index in [1.165, 1.54) is 11.0 Å². The molecule has 0 spiro atoms. The van der Waals surface area contributed by atoms with Gasteiger partial charge in [0.05, 0.1) is 20.6 Å². The molecule has 0 unspecified atom stereocenters. The second-order valence-corrected chi connectivity index (χ2v) is 9.36. The summed E-state index contributed by atoms with van der Waals surface area (Å²) in [5, 5.41) is 8.89. The highest BCUT2D eigenvalue weighted by atomic mass is 127. The normalized spacial score (nSPS) is 15.0. The van der Waals surface area contributed by atoms with Crippen LogP contribution in [0.5, 0.6) is 11.5 Å². The van der Waals surface area contributed by atoms with Crippen molar-refractivity contribution in [2.75, 3.05) is 6.61 Å². The largest absolute Gasteiger partial charge is 0.490 e. The van der Waals surface area contributed by atoms with Crippen molar-refractivity contribution in [2.45, 2.75) is 33.4 Å². The number of hydrogen-bond donors (Lipinski definition) is 1. The molecule has 1 aliphatic heterocycles. The van der Waals surface area contributed by atoms with Gasteiger partial charge in [-0.25, -0.2) is 4.79 Å². The second-order valence-electron chi connectivity index (χ2n) is 7.20. The molecule has 0 aromatic heterocycles. The standard InChI is InChI=1S/C23H22INO6S/c1-4-30-18-10-15(11-19-21(26)25(13(2)3)23(29)32-19)9-17(24)20(18)31-12-14-6-5-7-16(8-14)22(27)28/h5-11,13H,4,12H2,1-3H3,(H,27,28)/b19-11+. The number of halogens is 1. The van der Waals surface area contributed by atoms with E-state index in [0.29, 0.717) is 28.6 Å². The van der Waals surface area contributed by atoms with Crippen molar-refractivity contribution in [2.24, 2.45) is 0 Å². The summed E-state index contributed by atoms with van der Waals surface area (Å²) in [6, 6.07) is 9.95. The number of carbonyl (C=O) groups excluding carboxylic acids is 2. The van der Waals surface area contributed by atoms with Crippen LogP contribution in [-0.2, 0) is 11.4 Å². The van der Waals surface area contributed by atoms with Crippen molar-refractivity contribution in [1.82, 2.24) is 4.90 Å². The molecule has 1 heterocycles. The van der Waals surface area contributed by atoms with E-state index < -0.39 is 5.97 Å². The number of ether oxygens (including phenoxy) is 2. The number of aromatic carboxylic acids is 1. The Morgan fingerprint density at radius 1 is 1.22 bits per heavy atom. The van der Waals surface area contributed by atoms with Gasteiger partial charge in [0.15, 0.2) is 11.5 Å². The number of thioether (sulfide) groups is 1. The van der Waals surface area contributed by atoms with Crippen molar-refractivity contribution in [3.05, 3.63) is 61.6 Å². The predicted octanol–water partition coefficient (Wildman–Crippen LogP) is 5.41. The van der Waals surface area contributed by atoms with Crippen LogP contribution >= 0.6 is 34.4 Å². The van der Waals surface area contributed by atoms with Gasteiger partial charge in [-0.05, 0) is 96.6 Å². The lowest BCUT2D eigenvalue weighted by molar-refractivity contribution is -0.123. The highest BCUT2D eigenvalue weighted by Gasteiger charge is 2.36. The molecule has 2 aromatic carbocycles. The molecule has 1 saturated heterocycles. The third kappa shape index (κ3) is 5.44. The summed E-state index contributed by atoms with van der Waals surface area (Å²) in [4.78, 5) is 37.5. The lowest BCUT2D eigenvalue weighted by Crippen LogP contribution is -2.34. The fourth-order valence-electron chi connectivity index (χ4n) is 3.10. The molecule has 2 aromatic rings. The van der Waals surface area contributed by atoms with Crippen LogP contribution in [0.2, 0.25) is 0 Å². The summed E-state index contributed by atoms with van der Waals surface area (Å²) < 4.78 is 12.5. The van der Waals surface area contributed by atoms with Crippen molar-refractivity contribution in [3.8, 4) is 11.5 Å². The van der Waals surface area contributed by atoms with Gasteiger partial charge < -0.3 is 14.6 Å². The van der Waals surface area contributed by atoms with Crippen LogP contribution in [0.25, 0.3) is 6.08 Å². The summed E-state index contributed by atoms with van der Waals surface area (Å²) in [7, 11) is 0. The Morgan fingerprint density at radius 3 is 2.59 bits per heavy atom. The summed E-state index contributed by atoms with van der Waals surface area (Å²) >= 11 is 3.05. The zero-order valence-corrected chi connectivity index (χ0v) is 20.7. The molecule has 1 aliphatic rings. The SMILES string of the molecule is CCOc1cc(/C=C2/SC(=O)N(C(C)C)C2=O)cc(I)c1OCc1cccc(C(=O)O)c1. The van der Waals surface area contributed by atoms with Gasteiger partial charge in [0.25, 0.3) is 11.1 Å². The van der Waals surface area contributed by atoms with Gasteiger partial charge in [0.1, 0.15) is 6.61 Å². The van der Waals surface area contributed by atoms with Gasteiger partial charge >= 0.3 is 5.97 Å². The van der Waals surface area contributed by atoms with E-state index in [4.69, 9.17) is 14.6 Å². The fraction of sp³-hybridized carbons (Fsp3) is 0.261. The van der Waals surface area contributed by atoms with Crippen LogP contribution < -0.4 is 9.47 Å². The van der Waals surface area contributed by atoms with Crippen LogP contribution in [0.3, 0.4) is 0 Å². The van der Waals surface area contributed by atoms with Gasteiger partial charge in [-0.3, -0.25) is 14.5 Å². The zero-order valence-electron chi connectivity index (χ0n) is 17.8. The number of amides is 2. The number of benzene rings is 2. The average molecular weight is 567 g/mol. The van der Waals surface area contributed by atoms with Gasteiger partial charge in [-0.2, -0.15) is 0 Å². The Kier molecular flexibility index (Phi) is 7.83. The molecular weight excluding hydrogens is 545 g/mol. The van der Waals surface area contributed by atoms with Gasteiger partial charge in [-0.15, -0.1) is 0 Å². The minimum atomic E-state index is -0.998. The molecular formula is C23H22INO6S. The number of carboxylic acids is 1. The summed E-state index contributed by atoms with van der Waals surface area (Å²) in [6.45, 7) is 6.03. The molecule has 0 bridgehead atoms. The number of hydrogen-bond acceptors (Lipinski definition) is 6. The van der Waals surface area contributed by atoms with Crippen LogP contribution in [0, 0.1) is 3.57 Å². The first-order valence-electron chi connectivity index (χ1n) is 9.89. The maximum Gasteiger partial charge on any atom is 0.335 e. The first-order chi connectivity index (χ1) is 15.2. The topological polar surface area (TPSA) is 93.1 Å². The molecule has 9 heteroatoms. The number of carbonyl (C=O) groups is 3. The molecule has 0 saturated carbocycles. The minimum absolute atomic E-state index is 0.170. The Morgan fingerprint density at radius 2 is 1.97 bits per heavy atom. The van der Waals surface area contributed by atoms with E-state index in [9.17, 15) is 14.4 Å². The lowest BCUT2D eigenvalue weighted by atomic mass is 10.1. The van der Waals surface area contributed by atoms with Gasteiger partial charge in [-0.1, -0.05) is 12.1 Å². The number of rotatable bonds is 8. The lowest BCUT2D eigenvalue weighted by Gasteiger charge is -2.16. The minimum Gasteiger partial charge on any atom is -0.490 e. The third-order valence-corrected chi connectivity index (χ3v) is 6.21. The summed E-state index contributed by atoms with van der Waals surface area (Å²) in [6.07, 6.45) is 1.68. The Balaban J connectivity index is 1.87. The highest BCUT2D eigenvalue weighted by Crippen LogP contribution is 2.38. The van der Waals surface area contributed by atoms with E-state index in [-0.39, 0.29) is 29.4 Å². The predicted molar refractivity (Wildman–Crippen MR) is 131 cm³/mol. The molecule has 1 N–H and O–H groups in total. The molecule has 7 nitrogen and oxygen atoms in total. The van der Waals surface area contributed by atoms with E-state index in [1.54, 1.807) is 44.2 Å². The van der Waals surface area contributed by atoms with Gasteiger partial charge in [0.2, 0.25) is 0 Å². The van der Waals surface area contributed by atoms with E-state index >= 15 is 0 Å². The zero-order chi connectivity index (χ0) is 23.4. The number of imide groups is 1. The Hall–Kier alpha value is -2.53. The van der Waals surface area contributed by atoms with E-state index in [0.717, 1.165) is 20.9 Å². The third-order valence-electron chi connectivity index (χ3n) is 4.53. The first-order valence-corrected chi connectivity index (χ1v) is 11.8. The molecule has 1 fully saturated rings. The van der Waals surface area contributed by atoms with Gasteiger partial charge in [0, 0.05) is 6.04 Å².